The van der Waals surface area contributed by atoms with E-state index >= 15 is 0 Å². The van der Waals surface area contributed by atoms with Gasteiger partial charge in [-0.15, -0.1) is 0 Å². The van der Waals surface area contributed by atoms with Crippen LogP contribution in [-0.4, -0.2) is 32.1 Å². The second kappa shape index (κ2) is 5.52. The van der Waals surface area contributed by atoms with Crippen LogP contribution in [0.4, 0.5) is 5.69 Å². The van der Waals surface area contributed by atoms with Crippen molar-refractivity contribution in [2.24, 2.45) is 0 Å². The quantitative estimate of drug-likeness (QED) is 0.759. The number of anilines is 1. The molecule has 0 unspecified atom stereocenters. The molecule has 4 heteroatoms. The molecule has 0 atom stereocenters. The van der Waals surface area contributed by atoms with Gasteiger partial charge in [0.05, 0.1) is 11.6 Å². The lowest BCUT2D eigenvalue weighted by Gasteiger charge is -2.22. The average molecular weight is 254 g/mol. The van der Waals surface area contributed by atoms with Gasteiger partial charge in [0.1, 0.15) is 0 Å². The molecule has 0 bridgehead atoms. The maximum Gasteiger partial charge on any atom is 0.161 e. The van der Waals surface area contributed by atoms with Crippen molar-refractivity contribution in [3.8, 4) is 0 Å². The Balaban J connectivity index is 2.21. The summed E-state index contributed by atoms with van der Waals surface area (Å²) in [5, 5.41) is 0.528. The molecular formula is C13H16ClNO2. The number of carbonyl (C=O) groups excluding carboxylic acids is 1. The fourth-order valence-corrected chi connectivity index (χ4v) is 2.30. The van der Waals surface area contributed by atoms with Crippen LogP contribution >= 0.6 is 11.6 Å². The number of benzene rings is 1. The lowest BCUT2D eigenvalue weighted by Crippen LogP contribution is -2.25. The molecule has 0 N–H and O–H groups in total. The van der Waals surface area contributed by atoms with Crippen LogP contribution in [-0.2, 0) is 4.74 Å². The number of ether oxygens (including phenoxy) is 1. The molecule has 2 rings (SSSR count). The highest BCUT2D eigenvalue weighted by atomic mass is 35.5. The van der Waals surface area contributed by atoms with E-state index in [2.05, 4.69) is 4.90 Å². The number of Topliss-reactive ketones (excluding diaryl/α,β-unsaturated/α-hetero) is 1. The predicted molar refractivity (Wildman–Crippen MR) is 69.1 cm³/mol. The minimum atomic E-state index is 0.000694. The Labute approximate surface area is 106 Å². The molecule has 0 aliphatic carbocycles. The summed E-state index contributed by atoms with van der Waals surface area (Å²) >= 11 is 6.11. The van der Waals surface area contributed by atoms with Gasteiger partial charge in [0.2, 0.25) is 0 Å². The summed E-state index contributed by atoms with van der Waals surface area (Å²) < 4.78 is 5.41. The topological polar surface area (TPSA) is 29.5 Å². The van der Waals surface area contributed by atoms with Crippen molar-refractivity contribution in [2.75, 3.05) is 31.2 Å². The monoisotopic (exact) mass is 253 g/mol. The molecule has 0 radical (unpaired) electrons. The number of halogens is 1. The van der Waals surface area contributed by atoms with Crippen LogP contribution in [0, 0.1) is 0 Å². The molecule has 3 nitrogen and oxygen atoms in total. The van der Waals surface area contributed by atoms with Gasteiger partial charge in [0.15, 0.2) is 5.78 Å². The Morgan fingerprint density at radius 3 is 2.88 bits per heavy atom. The van der Waals surface area contributed by atoms with E-state index in [1.165, 1.54) is 6.92 Å². The molecule has 1 aromatic rings. The van der Waals surface area contributed by atoms with Gasteiger partial charge in [-0.2, -0.15) is 0 Å². The van der Waals surface area contributed by atoms with Gasteiger partial charge < -0.3 is 9.64 Å². The summed E-state index contributed by atoms with van der Waals surface area (Å²) in [7, 11) is 0. The number of ketones is 1. The predicted octanol–water partition coefficient (Wildman–Crippen LogP) is 2.77. The second-order valence-corrected chi connectivity index (χ2v) is 4.58. The van der Waals surface area contributed by atoms with Gasteiger partial charge in [-0.25, -0.2) is 0 Å². The van der Waals surface area contributed by atoms with E-state index in [1.807, 2.05) is 12.1 Å². The standard InChI is InChI=1S/C13H16ClNO2/c1-10(16)12-4-3-11(9-13(12)14)15-5-2-7-17-8-6-15/h3-4,9H,2,5-8H2,1H3. The Kier molecular flexibility index (Phi) is 4.02. The highest BCUT2D eigenvalue weighted by molar-refractivity contribution is 6.34. The first-order valence-electron chi connectivity index (χ1n) is 5.81. The summed E-state index contributed by atoms with van der Waals surface area (Å²) in [6, 6.07) is 5.61. The number of carbonyl (C=O) groups is 1. The molecule has 1 saturated heterocycles. The zero-order valence-corrected chi connectivity index (χ0v) is 10.7. The average Bonchev–Trinajstić information content (AvgIpc) is 2.56. The van der Waals surface area contributed by atoms with Crippen molar-refractivity contribution in [3.05, 3.63) is 28.8 Å². The van der Waals surface area contributed by atoms with Crippen LogP contribution in [0.15, 0.2) is 18.2 Å². The third-order valence-corrected chi connectivity index (χ3v) is 3.23. The fourth-order valence-electron chi connectivity index (χ4n) is 1.99. The maximum absolute atomic E-state index is 11.3. The smallest absolute Gasteiger partial charge is 0.161 e. The molecule has 1 fully saturated rings. The number of hydrogen-bond donors (Lipinski definition) is 0. The Hall–Kier alpha value is -1.06. The fraction of sp³-hybridized carbons (Fsp3) is 0.462. The van der Waals surface area contributed by atoms with Crippen LogP contribution in [0.1, 0.15) is 23.7 Å². The van der Waals surface area contributed by atoms with Crippen molar-refractivity contribution in [1.29, 1.82) is 0 Å². The molecule has 92 valence electrons. The van der Waals surface area contributed by atoms with Gasteiger partial charge in [0.25, 0.3) is 0 Å². The van der Waals surface area contributed by atoms with Gasteiger partial charge >= 0.3 is 0 Å². The first-order valence-corrected chi connectivity index (χ1v) is 6.19. The van der Waals surface area contributed by atoms with Crippen molar-refractivity contribution >= 4 is 23.1 Å². The van der Waals surface area contributed by atoms with Crippen LogP contribution < -0.4 is 4.90 Å². The normalized spacial score (nSPS) is 16.7. The van der Waals surface area contributed by atoms with E-state index in [1.54, 1.807) is 6.07 Å². The Morgan fingerprint density at radius 2 is 2.18 bits per heavy atom. The minimum absolute atomic E-state index is 0.000694. The summed E-state index contributed by atoms with van der Waals surface area (Å²) in [6.07, 6.45) is 1.02. The van der Waals surface area contributed by atoms with Crippen LogP contribution in [0.3, 0.4) is 0 Å². The van der Waals surface area contributed by atoms with Crippen molar-refractivity contribution < 1.29 is 9.53 Å². The summed E-state index contributed by atoms with van der Waals surface area (Å²) in [5.41, 5.74) is 1.65. The largest absolute Gasteiger partial charge is 0.380 e. The molecule has 17 heavy (non-hydrogen) atoms. The summed E-state index contributed by atoms with van der Waals surface area (Å²) in [4.78, 5) is 13.5. The lowest BCUT2D eigenvalue weighted by atomic mass is 10.1. The van der Waals surface area contributed by atoms with E-state index in [0.29, 0.717) is 10.6 Å². The highest BCUT2D eigenvalue weighted by Crippen LogP contribution is 2.24. The van der Waals surface area contributed by atoms with E-state index in [4.69, 9.17) is 16.3 Å². The number of rotatable bonds is 2. The van der Waals surface area contributed by atoms with E-state index in [0.717, 1.165) is 38.4 Å². The molecule has 1 aliphatic rings. The van der Waals surface area contributed by atoms with Crippen molar-refractivity contribution in [1.82, 2.24) is 0 Å². The van der Waals surface area contributed by atoms with Gasteiger partial charge in [0, 0.05) is 30.9 Å². The number of nitrogens with zero attached hydrogens (tertiary/aromatic N) is 1. The molecule has 1 aromatic carbocycles. The summed E-state index contributed by atoms with van der Waals surface area (Å²) in [5.74, 6) is 0.000694. The van der Waals surface area contributed by atoms with Crippen LogP contribution in [0.2, 0.25) is 5.02 Å². The zero-order chi connectivity index (χ0) is 12.3. The first-order chi connectivity index (χ1) is 8.18. The lowest BCUT2D eigenvalue weighted by molar-refractivity contribution is 0.101. The van der Waals surface area contributed by atoms with Crippen LogP contribution in [0.5, 0.6) is 0 Å². The van der Waals surface area contributed by atoms with E-state index in [-0.39, 0.29) is 5.78 Å². The molecule has 0 spiro atoms. The Morgan fingerprint density at radius 1 is 1.35 bits per heavy atom. The van der Waals surface area contributed by atoms with Gasteiger partial charge in [-0.1, -0.05) is 11.6 Å². The second-order valence-electron chi connectivity index (χ2n) is 4.17. The first kappa shape index (κ1) is 12.4. The third-order valence-electron chi connectivity index (χ3n) is 2.92. The third kappa shape index (κ3) is 2.99. The van der Waals surface area contributed by atoms with Gasteiger partial charge in [-0.05, 0) is 31.5 Å². The summed E-state index contributed by atoms with van der Waals surface area (Å²) in [6.45, 7) is 4.92. The number of hydrogen-bond acceptors (Lipinski definition) is 3. The molecule has 1 aliphatic heterocycles. The Bertz CT molecular complexity index is 412. The molecule has 1 heterocycles. The molecule has 0 amide bonds. The molecular weight excluding hydrogens is 238 g/mol. The molecule has 0 aromatic heterocycles. The zero-order valence-electron chi connectivity index (χ0n) is 9.91. The van der Waals surface area contributed by atoms with Gasteiger partial charge in [-0.3, -0.25) is 4.79 Å². The SMILES string of the molecule is CC(=O)c1ccc(N2CCCOCC2)cc1Cl. The minimum Gasteiger partial charge on any atom is -0.380 e. The van der Waals surface area contributed by atoms with Crippen molar-refractivity contribution in [3.63, 3.8) is 0 Å². The molecule has 0 saturated carbocycles. The van der Waals surface area contributed by atoms with E-state index in [9.17, 15) is 4.79 Å². The van der Waals surface area contributed by atoms with Crippen LogP contribution in [0.25, 0.3) is 0 Å². The van der Waals surface area contributed by atoms with E-state index < -0.39 is 0 Å². The van der Waals surface area contributed by atoms with Crippen molar-refractivity contribution in [2.45, 2.75) is 13.3 Å². The maximum atomic E-state index is 11.3. The highest BCUT2D eigenvalue weighted by Gasteiger charge is 2.12.